The molecular weight excluding hydrogens is 829 g/mol. The molecule has 0 spiro atoms. The third-order valence-corrected chi connectivity index (χ3v) is 9.66. The molecule has 6 aromatic rings. The number of H-pyrrole nitrogens is 1. The average molecular weight is 875 g/mol. The molecule has 3 aromatic heterocycles. The van der Waals surface area contributed by atoms with Gasteiger partial charge in [-0.3, -0.25) is 28.7 Å². The van der Waals surface area contributed by atoms with Crippen LogP contribution < -0.4 is 32.2 Å². The maximum Gasteiger partial charge on any atom is 0.320 e. The number of amides is 3. The van der Waals surface area contributed by atoms with Gasteiger partial charge in [0.2, 0.25) is 29.5 Å². The van der Waals surface area contributed by atoms with Gasteiger partial charge in [-0.1, -0.05) is 29.5 Å². The minimum Gasteiger partial charge on any atom is -0.481 e. The van der Waals surface area contributed by atoms with Crippen molar-refractivity contribution in [1.29, 1.82) is 0 Å². The molecule has 0 saturated carbocycles. The van der Waals surface area contributed by atoms with Crippen molar-refractivity contribution in [3.8, 4) is 5.88 Å². The van der Waals surface area contributed by atoms with Crippen LogP contribution in [0, 0.1) is 5.92 Å². The van der Waals surface area contributed by atoms with Crippen LogP contribution in [0.15, 0.2) is 95.5 Å². The number of ether oxygens (including phenoxy) is 1. The second kappa shape index (κ2) is 22.1. The summed E-state index contributed by atoms with van der Waals surface area (Å²) in [5.74, 6) is -3.70. The van der Waals surface area contributed by atoms with Crippen molar-refractivity contribution in [1.82, 2.24) is 40.2 Å². The molecule has 0 aliphatic carbocycles. The molecule has 22 heteroatoms. The van der Waals surface area contributed by atoms with E-state index < -0.39 is 23.9 Å². The van der Waals surface area contributed by atoms with E-state index in [1.807, 2.05) is 24.3 Å². The third-order valence-electron chi connectivity index (χ3n) is 9.66. The number of nitrogens with zero attached hydrogens (tertiary/aromatic N) is 8. The van der Waals surface area contributed by atoms with Crippen LogP contribution >= 0.6 is 0 Å². The summed E-state index contributed by atoms with van der Waals surface area (Å²) < 4.78 is 7.37. The first-order chi connectivity index (χ1) is 30.9. The first-order valence-corrected chi connectivity index (χ1v) is 20.1. The molecule has 0 fully saturated rings. The van der Waals surface area contributed by atoms with E-state index in [0.717, 1.165) is 11.1 Å². The number of aryl methyl sites for hydroxylation is 2. The standard InChI is InChI=1S/C42H46N14O8/c43-33(41(62)63)20-27(40(60)61)2-1-3-35(58)48-28-8-12-30(13-9-28)52-53-31-14-10-29(11-15-31)49-36(59)18-19-56-22-32(54-55-56)16-17-34(57)45-21-25-4-6-26(7-5-25)23-64-39-37-38(47-24-46-37)50-42(44)51-39/h4-15,22,24,27,33H,1-3,16-21,23,43H2,(H,45,57)(H,48,58)(H,49,59)(H,60,61)(H,62,63)(H3,44,46,47,50,51)/t27-,33-/m0/s1. The molecule has 10 N–H and O–H groups in total. The van der Waals surface area contributed by atoms with Crippen molar-refractivity contribution in [3.63, 3.8) is 0 Å². The van der Waals surface area contributed by atoms with Crippen molar-refractivity contribution in [2.24, 2.45) is 21.9 Å². The Kier molecular flexibility index (Phi) is 15.7. The number of hydrogen-bond donors (Lipinski definition) is 8. The number of nitrogens with two attached hydrogens (primary N) is 2. The largest absolute Gasteiger partial charge is 0.481 e. The summed E-state index contributed by atoms with van der Waals surface area (Å²) >= 11 is 0. The van der Waals surface area contributed by atoms with Crippen molar-refractivity contribution >= 4 is 69.5 Å². The zero-order chi connectivity index (χ0) is 45.4. The van der Waals surface area contributed by atoms with Gasteiger partial charge in [0.15, 0.2) is 11.2 Å². The third kappa shape index (κ3) is 14.0. The fourth-order valence-corrected chi connectivity index (χ4v) is 6.18. The van der Waals surface area contributed by atoms with Gasteiger partial charge in [-0.15, -0.1) is 5.10 Å². The number of nitrogen functional groups attached to an aromatic ring is 1. The van der Waals surface area contributed by atoms with Crippen LogP contribution in [0.25, 0.3) is 11.2 Å². The van der Waals surface area contributed by atoms with Crippen LogP contribution in [0.3, 0.4) is 0 Å². The first-order valence-electron chi connectivity index (χ1n) is 20.1. The highest BCUT2D eigenvalue weighted by atomic mass is 16.5. The number of nitrogens with one attached hydrogen (secondary N) is 4. The molecule has 22 nitrogen and oxygen atoms in total. The molecule has 0 saturated heterocycles. The van der Waals surface area contributed by atoms with E-state index in [4.69, 9.17) is 21.3 Å². The van der Waals surface area contributed by atoms with Gasteiger partial charge in [0.25, 0.3) is 0 Å². The molecule has 0 aliphatic heterocycles. The minimum absolute atomic E-state index is 0.0515. The summed E-state index contributed by atoms with van der Waals surface area (Å²) in [7, 11) is 0. The van der Waals surface area contributed by atoms with Crippen molar-refractivity contribution in [2.45, 2.75) is 70.7 Å². The molecule has 64 heavy (non-hydrogen) atoms. The Morgan fingerprint density at radius 3 is 2.08 bits per heavy atom. The van der Waals surface area contributed by atoms with Gasteiger partial charge >= 0.3 is 11.9 Å². The number of imidazole rings is 1. The second-order valence-electron chi connectivity index (χ2n) is 14.6. The lowest BCUT2D eigenvalue weighted by Crippen LogP contribution is -2.34. The van der Waals surface area contributed by atoms with Gasteiger partial charge in [-0.2, -0.15) is 20.2 Å². The summed E-state index contributed by atoms with van der Waals surface area (Å²) in [4.78, 5) is 75.2. The predicted molar refractivity (Wildman–Crippen MR) is 231 cm³/mol. The maximum atomic E-state index is 12.6. The summed E-state index contributed by atoms with van der Waals surface area (Å²) in [6, 6.07) is 19.8. The molecule has 332 valence electrons. The fourth-order valence-electron chi connectivity index (χ4n) is 6.18. The van der Waals surface area contributed by atoms with E-state index in [1.165, 1.54) is 6.33 Å². The monoisotopic (exact) mass is 874 g/mol. The van der Waals surface area contributed by atoms with E-state index >= 15 is 0 Å². The Morgan fingerprint density at radius 2 is 1.44 bits per heavy atom. The molecule has 2 atom stereocenters. The van der Waals surface area contributed by atoms with Crippen molar-refractivity contribution < 1.29 is 38.9 Å². The highest BCUT2D eigenvalue weighted by Gasteiger charge is 2.24. The van der Waals surface area contributed by atoms with Gasteiger partial charge < -0.3 is 47.4 Å². The minimum atomic E-state index is -1.28. The predicted octanol–water partition coefficient (Wildman–Crippen LogP) is 4.41. The number of carboxylic acid groups (broad SMARTS) is 2. The van der Waals surface area contributed by atoms with Crippen LogP contribution in [-0.2, 0) is 50.1 Å². The smallest absolute Gasteiger partial charge is 0.320 e. The number of aliphatic carboxylic acids is 2. The number of carboxylic acids is 2. The summed E-state index contributed by atoms with van der Waals surface area (Å²) in [5, 5.41) is 43.4. The number of anilines is 3. The number of aromatic nitrogens is 7. The van der Waals surface area contributed by atoms with Gasteiger partial charge in [0, 0.05) is 49.8 Å². The van der Waals surface area contributed by atoms with Gasteiger partial charge in [0.05, 0.1) is 35.9 Å². The van der Waals surface area contributed by atoms with Crippen LogP contribution in [0.1, 0.15) is 55.3 Å². The summed E-state index contributed by atoms with van der Waals surface area (Å²) in [5.41, 5.74) is 16.8. The molecule has 6 rings (SSSR count). The Labute approximate surface area is 364 Å². The van der Waals surface area contributed by atoms with E-state index in [9.17, 15) is 29.1 Å². The number of rotatable bonds is 23. The van der Waals surface area contributed by atoms with Crippen LogP contribution in [0.2, 0.25) is 0 Å². The quantitative estimate of drug-likeness (QED) is 0.0413. The maximum absolute atomic E-state index is 12.6. The lowest BCUT2D eigenvalue weighted by atomic mass is 9.94. The van der Waals surface area contributed by atoms with E-state index in [-0.39, 0.29) is 74.7 Å². The summed E-state index contributed by atoms with van der Waals surface area (Å²) in [6.45, 7) is 0.893. The normalized spacial score (nSPS) is 12.1. The highest BCUT2D eigenvalue weighted by Crippen LogP contribution is 2.24. The number of fused-ring (bicyclic) bond motifs is 1. The Morgan fingerprint density at radius 1 is 0.797 bits per heavy atom. The van der Waals surface area contributed by atoms with Gasteiger partial charge in [-0.05, 0) is 78.9 Å². The lowest BCUT2D eigenvalue weighted by Gasteiger charge is -2.14. The molecular formula is C42H46N14O8. The molecule has 0 radical (unpaired) electrons. The Balaban J connectivity index is 0.842. The van der Waals surface area contributed by atoms with E-state index in [1.54, 1.807) is 59.4 Å². The molecule has 0 bridgehead atoms. The second-order valence-corrected chi connectivity index (χ2v) is 14.6. The zero-order valence-corrected chi connectivity index (χ0v) is 34.4. The van der Waals surface area contributed by atoms with Crippen LogP contribution in [-0.4, -0.2) is 80.8 Å². The van der Waals surface area contributed by atoms with Gasteiger partial charge in [0.1, 0.15) is 12.6 Å². The van der Waals surface area contributed by atoms with Gasteiger partial charge in [-0.25, -0.2) is 4.98 Å². The highest BCUT2D eigenvalue weighted by molar-refractivity contribution is 5.91. The molecule has 3 heterocycles. The van der Waals surface area contributed by atoms with Crippen molar-refractivity contribution in [3.05, 3.63) is 102 Å². The number of aromatic amines is 1. The topological polar surface area (TPSA) is 333 Å². The van der Waals surface area contributed by atoms with Crippen LogP contribution in [0.5, 0.6) is 5.88 Å². The van der Waals surface area contributed by atoms with Crippen LogP contribution in [0.4, 0.5) is 28.7 Å². The average Bonchev–Trinajstić information content (AvgIpc) is 3.96. The number of hydrogen-bond acceptors (Lipinski definition) is 15. The Bertz CT molecular complexity index is 2580. The molecule has 3 amide bonds. The molecule has 0 aliphatic rings. The lowest BCUT2D eigenvalue weighted by molar-refractivity contribution is -0.144. The number of azo groups is 1. The van der Waals surface area contributed by atoms with E-state index in [2.05, 4.69) is 56.4 Å². The SMILES string of the molecule is Nc1nc(OCc2ccc(CNC(=O)CCc3cn(CCC(=O)Nc4ccc(N=Nc5ccc(NC(=O)CCC[C@@H](C[C@H](N)C(=O)O)C(=O)O)cc5)cc4)nn3)cc2)c2nc[nH]c2n1. The number of carbonyl (C=O) groups excluding carboxylic acids is 3. The number of carbonyl (C=O) groups is 5. The summed E-state index contributed by atoms with van der Waals surface area (Å²) in [6.07, 6.45) is 4.15. The van der Waals surface area contributed by atoms with E-state index in [0.29, 0.717) is 59.1 Å². The Hall–Kier alpha value is -8.14. The zero-order valence-electron chi connectivity index (χ0n) is 34.4. The fraction of sp³-hybridized carbons (Fsp3) is 0.286. The van der Waals surface area contributed by atoms with Crippen molar-refractivity contribution in [2.75, 3.05) is 16.4 Å². The first kappa shape index (κ1) is 45.4. The number of benzene rings is 3. The molecule has 0 unspecified atom stereocenters. The molecule has 3 aromatic carbocycles.